The molecule has 0 saturated carbocycles. The highest BCUT2D eigenvalue weighted by Crippen LogP contribution is 2.39. The Morgan fingerprint density at radius 1 is 1.05 bits per heavy atom. The maximum atomic E-state index is 12.1. The van der Waals surface area contributed by atoms with Crippen LogP contribution in [0, 0.1) is 6.92 Å². The highest BCUT2D eigenvalue weighted by atomic mass is 35.5. The van der Waals surface area contributed by atoms with E-state index in [0.717, 1.165) is 27.1 Å². The number of amides is 1. The summed E-state index contributed by atoms with van der Waals surface area (Å²) in [6.07, 6.45) is 2.61. The van der Waals surface area contributed by atoms with Gasteiger partial charge in [0.05, 0.1) is 33.3 Å². The summed E-state index contributed by atoms with van der Waals surface area (Å²) in [4.78, 5) is 26.1. The predicted octanol–water partition coefficient (Wildman–Crippen LogP) is 7.78. The number of halogens is 2. The molecule has 37 heavy (non-hydrogen) atoms. The van der Waals surface area contributed by atoms with Crippen molar-refractivity contribution in [2.45, 2.75) is 38.2 Å². The van der Waals surface area contributed by atoms with E-state index in [1.165, 1.54) is 18.1 Å². The van der Waals surface area contributed by atoms with E-state index in [1.54, 1.807) is 46.2 Å². The number of methoxy groups -OCH3 is 1. The van der Waals surface area contributed by atoms with Crippen LogP contribution in [0.15, 0.2) is 53.7 Å². The average Bonchev–Trinajstić information content (AvgIpc) is 2.82. The maximum Gasteiger partial charge on any atom is 0.413 e. The number of pyridine rings is 3. The van der Waals surface area contributed by atoms with Crippen molar-refractivity contribution >= 4 is 63.7 Å². The summed E-state index contributed by atoms with van der Waals surface area (Å²) in [5.41, 5.74) is 3.23. The number of benzene rings is 1. The zero-order valence-electron chi connectivity index (χ0n) is 20.8. The molecule has 0 saturated heterocycles. The Hall–Kier alpha value is -3.27. The lowest BCUT2D eigenvalue weighted by molar-refractivity contribution is 0.0635. The first kappa shape index (κ1) is 26.8. The van der Waals surface area contributed by atoms with Crippen molar-refractivity contribution in [2.24, 2.45) is 0 Å². The third-order valence-corrected chi connectivity index (χ3v) is 6.51. The molecule has 3 heterocycles. The molecule has 2 N–H and O–H groups in total. The summed E-state index contributed by atoms with van der Waals surface area (Å²) in [6, 6.07) is 11.2. The van der Waals surface area contributed by atoms with Crippen LogP contribution < -0.4 is 14.8 Å². The van der Waals surface area contributed by atoms with E-state index in [4.69, 9.17) is 37.7 Å². The second-order valence-electron chi connectivity index (χ2n) is 9.04. The van der Waals surface area contributed by atoms with Crippen molar-refractivity contribution in [3.8, 4) is 17.0 Å². The van der Waals surface area contributed by atoms with Gasteiger partial charge in [-0.1, -0.05) is 35.3 Å². The summed E-state index contributed by atoms with van der Waals surface area (Å²) in [5, 5.41) is 4.48. The largest absolute Gasteiger partial charge is 0.480 e. The van der Waals surface area contributed by atoms with Gasteiger partial charge in [-0.25, -0.2) is 14.8 Å². The fraction of sp³-hybridized carbons (Fsp3) is 0.231. The van der Waals surface area contributed by atoms with E-state index in [0.29, 0.717) is 32.9 Å². The van der Waals surface area contributed by atoms with Crippen molar-refractivity contribution in [3.05, 3.63) is 64.5 Å². The number of hydrogen-bond acceptors (Lipinski definition) is 8. The van der Waals surface area contributed by atoms with Crippen LogP contribution >= 0.6 is 35.1 Å². The molecule has 0 radical (unpaired) electrons. The van der Waals surface area contributed by atoms with Gasteiger partial charge in [0.15, 0.2) is 0 Å². The number of nitrogens with zero attached hydrogens (tertiary/aromatic N) is 3. The second kappa shape index (κ2) is 11.0. The van der Waals surface area contributed by atoms with E-state index >= 15 is 0 Å². The summed E-state index contributed by atoms with van der Waals surface area (Å²) >= 11 is 14.2. The molecule has 8 nitrogen and oxygen atoms in total. The molecule has 0 bridgehead atoms. The van der Waals surface area contributed by atoms with Gasteiger partial charge in [-0.15, -0.1) is 0 Å². The van der Waals surface area contributed by atoms with Crippen LogP contribution in [0.3, 0.4) is 0 Å². The zero-order chi connectivity index (χ0) is 26.7. The van der Waals surface area contributed by atoms with Crippen LogP contribution in [0.1, 0.15) is 26.5 Å². The lowest BCUT2D eigenvalue weighted by atomic mass is 10.0. The normalized spacial score (nSPS) is 11.3. The van der Waals surface area contributed by atoms with Crippen molar-refractivity contribution in [3.63, 3.8) is 0 Å². The quantitative estimate of drug-likeness (QED) is 0.232. The fourth-order valence-electron chi connectivity index (χ4n) is 3.48. The van der Waals surface area contributed by atoms with Gasteiger partial charge < -0.3 is 14.2 Å². The summed E-state index contributed by atoms with van der Waals surface area (Å²) in [6.45, 7) is 7.30. The smallest absolute Gasteiger partial charge is 0.413 e. The van der Waals surface area contributed by atoms with E-state index in [-0.39, 0.29) is 0 Å². The first-order valence-corrected chi connectivity index (χ1v) is 12.8. The molecule has 0 aliphatic heterocycles. The number of anilines is 2. The molecule has 192 valence electrons. The molecule has 0 atom stereocenters. The minimum absolute atomic E-state index is 0.355. The molecule has 0 unspecified atom stereocenters. The molecule has 3 aromatic heterocycles. The topological polar surface area (TPSA) is 98.3 Å². The van der Waals surface area contributed by atoms with Crippen LogP contribution in [0.5, 0.6) is 5.88 Å². The fourth-order valence-corrected chi connectivity index (χ4v) is 4.83. The molecule has 0 aliphatic carbocycles. The SMILES string of the molecule is COc1ncc(Cl)cc1SNc1cccc(-c2cc3cnc(NC(=O)OC(C)(C)C)cc3nc2C)c1Cl. The first-order valence-electron chi connectivity index (χ1n) is 11.2. The summed E-state index contributed by atoms with van der Waals surface area (Å²) in [7, 11) is 1.55. The van der Waals surface area contributed by atoms with Crippen LogP contribution in [0.4, 0.5) is 16.3 Å². The molecule has 0 fully saturated rings. The first-order chi connectivity index (χ1) is 17.5. The van der Waals surface area contributed by atoms with E-state index in [2.05, 4.69) is 20.0 Å². The molecule has 0 aliphatic rings. The standard InChI is InChI=1S/C26H25Cl2N5O3S/c1-14-18(9-15-12-29-22(11-20(15)31-14)32-25(34)36-26(2,3)4)17-7-6-8-19(23(17)28)33-37-21-10-16(27)13-30-24(21)35-5/h6-13,33H,1-5H3,(H,29,32,34). The molecular weight excluding hydrogens is 533 g/mol. The van der Waals surface area contributed by atoms with Crippen molar-refractivity contribution < 1.29 is 14.3 Å². The number of fused-ring (bicyclic) bond motifs is 1. The molecule has 4 aromatic rings. The van der Waals surface area contributed by atoms with Crippen molar-refractivity contribution in [1.29, 1.82) is 0 Å². The van der Waals surface area contributed by atoms with Crippen LogP contribution in [-0.2, 0) is 4.74 Å². The minimum atomic E-state index is -0.608. The Kier molecular flexibility index (Phi) is 7.96. The van der Waals surface area contributed by atoms with Crippen LogP contribution in [-0.4, -0.2) is 33.8 Å². The molecule has 4 rings (SSSR count). The number of carbonyl (C=O) groups excluding carboxylic acids is 1. The number of carbonyl (C=O) groups is 1. The highest BCUT2D eigenvalue weighted by Gasteiger charge is 2.18. The van der Waals surface area contributed by atoms with Gasteiger partial charge in [0.25, 0.3) is 0 Å². The van der Waals surface area contributed by atoms with E-state index < -0.39 is 11.7 Å². The molecular formula is C26H25Cl2N5O3S. The predicted molar refractivity (Wildman–Crippen MR) is 150 cm³/mol. The lowest BCUT2D eigenvalue weighted by Crippen LogP contribution is -2.27. The monoisotopic (exact) mass is 557 g/mol. The number of rotatable bonds is 6. The number of aromatic nitrogens is 3. The number of ether oxygens (including phenoxy) is 2. The Bertz CT molecular complexity index is 1480. The van der Waals surface area contributed by atoms with Gasteiger partial charge >= 0.3 is 6.09 Å². The number of nitrogens with one attached hydrogen (secondary N) is 2. The summed E-state index contributed by atoms with van der Waals surface area (Å²) < 4.78 is 13.9. The molecule has 0 spiro atoms. The highest BCUT2D eigenvalue weighted by molar-refractivity contribution is 8.00. The second-order valence-corrected chi connectivity index (χ2v) is 10.7. The zero-order valence-corrected chi connectivity index (χ0v) is 23.2. The third kappa shape index (κ3) is 6.54. The maximum absolute atomic E-state index is 12.1. The third-order valence-electron chi connectivity index (χ3n) is 5.06. The van der Waals surface area contributed by atoms with E-state index in [9.17, 15) is 4.79 Å². The molecule has 11 heteroatoms. The Morgan fingerprint density at radius 3 is 2.57 bits per heavy atom. The molecule has 1 amide bonds. The number of aryl methyl sites for hydroxylation is 1. The van der Waals surface area contributed by atoms with Crippen molar-refractivity contribution in [2.75, 3.05) is 17.1 Å². The van der Waals surface area contributed by atoms with Gasteiger partial charge in [-0.3, -0.25) is 10.3 Å². The Morgan fingerprint density at radius 2 is 1.84 bits per heavy atom. The average molecular weight is 558 g/mol. The number of hydrogen-bond donors (Lipinski definition) is 2. The van der Waals surface area contributed by atoms with Gasteiger partial charge in [0, 0.05) is 40.7 Å². The Balaban J connectivity index is 1.60. The van der Waals surface area contributed by atoms with Crippen LogP contribution in [0.2, 0.25) is 10.0 Å². The molecule has 1 aromatic carbocycles. The van der Waals surface area contributed by atoms with Gasteiger partial charge in [0.2, 0.25) is 5.88 Å². The van der Waals surface area contributed by atoms with Crippen LogP contribution in [0.25, 0.3) is 22.0 Å². The summed E-state index contributed by atoms with van der Waals surface area (Å²) in [5.74, 6) is 0.811. The van der Waals surface area contributed by atoms with Gasteiger partial charge in [0.1, 0.15) is 11.4 Å². The minimum Gasteiger partial charge on any atom is -0.480 e. The van der Waals surface area contributed by atoms with Gasteiger partial charge in [-0.05, 0) is 57.8 Å². The Labute approximate surface area is 229 Å². The van der Waals surface area contributed by atoms with E-state index in [1.807, 2.05) is 31.2 Å². The van der Waals surface area contributed by atoms with Gasteiger partial charge in [-0.2, -0.15) is 0 Å². The lowest BCUT2D eigenvalue weighted by Gasteiger charge is -2.19. The van der Waals surface area contributed by atoms with Crippen molar-refractivity contribution in [1.82, 2.24) is 15.0 Å².